The molecule has 2 aromatic rings. The first kappa shape index (κ1) is 13.9. The molecule has 0 aliphatic heterocycles. The molecular formula is C15H21N3S. The van der Waals surface area contributed by atoms with Crippen LogP contribution >= 0.6 is 11.5 Å². The molecule has 1 aromatic carbocycles. The lowest BCUT2D eigenvalue weighted by molar-refractivity contribution is 0.567. The van der Waals surface area contributed by atoms with E-state index in [1.807, 2.05) is 18.2 Å². The molecule has 0 saturated heterocycles. The molecule has 0 fully saturated rings. The number of nitrogens with two attached hydrogens (primary N) is 1. The fourth-order valence-electron chi connectivity index (χ4n) is 2.02. The highest BCUT2D eigenvalue weighted by Crippen LogP contribution is 2.36. The summed E-state index contributed by atoms with van der Waals surface area (Å²) >= 11 is 1.44. The molecule has 0 unspecified atom stereocenters. The Kier molecular flexibility index (Phi) is 4.80. The zero-order valence-electron chi connectivity index (χ0n) is 11.5. The van der Waals surface area contributed by atoms with Crippen LogP contribution in [0.5, 0.6) is 0 Å². The van der Waals surface area contributed by atoms with Gasteiger partial charge in [0.05, 0.1) is 5.56 Å². The summed E-state index contributed by atoms with van der Waals surface area (Å²) in [6.07, 6.45) is 2.41. The van der Waals surface area contributed by atoms with E-state index in [1.54, 1.807) is 0 Å². The van der Waals surface area contributed by atoms with Crippen molar-refractivity contribution in [1.29, 1.82) is 0 Å². The maximum atomic E-state index is 5.99. The van der Waals surface area contributed by atoms with E-state index < -0.39 is 0 Å². The molecule has 3 nitrogen and oxygen atoms in total. The first-order valence-corrected chi connectivity index (χ1v) is 7.50. The van der Waals surface area contributed by atoms with Gasteiger partial charge >= 0.3 is 0 Å². The monoisotopic (exact) mass is 275 g/mol. The smallest absolute Gasteiger partial charge is 0.147 e. The third-order valence-corrected chi connectivity index (χ3v) is 3.84. The van der Waals surface area contributed by atoms with Crippen LogP contribution in [-0.4, -0.2) is 10.9 Å². The van der Waals surface area contributed by atoms with Crippen LogP contribution in [-0.2, 0) is 0 Å². The molecule has 3 N–H and O–H groups in total. The highest BCUT2D eigenvalue weighted by Gasteiger charge is 2.12. The summed E-state index contributed by atoms with van der Waals surface area (Å²) in [5, 5.41) is 4.54. The Balaban J connectivity index is 2.06. The number of hydrogen-bond donors (Lipinski definition) is 2. The fourth-order valence-corrected chi connectivity index (χ4v) is 2.78. The van der Waals surface area contributed by atoms with Gasteiger partial charge in [0.25, 0.3) is 0 Å². The van der Waals surface area contributed by atoms with Gasteiger partial charge in [-0.1, -0.05) is 44.2 Å². The Labute approximate surface area is 119 Å². The topological polar surface area (TPSA) is 50.9 Å². The Bertz CT molecular complexity index is 505. The van der Waals surface area contributed by atoms with Gasteiger partial charge < -0.3 is 11.1 Å². The van der Waals surface area contributed by atoms with Gasteiger partial charge in [-0.25, -0.2) is 0 Å². The normalized spacial score (nSPS) is 10.9. The van der Waals surface area contributed by atoms with E-state index in [-0.39, 0.29) is 0 Å². The lowest BCUT2D eigenvalue weighted by Crippen LogP contribution is -2.03. The van der Waals surface area contributed by atoms with Gasteiger partial charge in [-0.2, -0.15) is 4.37 Å². The number of nitrogen functional groups attached to an aromatic ring is 1. The molecule has 1 heterocycles. The van der Waals surface area contributed by atoms with Crippen molar-refractivity contribution < 1.29 is 0 Å². The van der Waals surface area contributed by atoms with Crippen molar-refractivity contribution in [2.24, 2.45) is 5.92 Å². The van der Waals surface area contributed by atoms with Crippen molar-refractivity contribution in [1.82, 2.24) is 4.37 Å². The Hall–Kier alpha value is -1.55. The van der Waals surface area contributed by atoms with Gasteiger partial charge in [-0.15, -0.1) is 0 Å². The number of anilines is 2. The van der Waals surface area contributed by atoms with E-state index in [0.717, 1.165) is 28.6 Å². The number of nitrogens with zero attached hydrogens (tertiary/aromatic N) is 1. The van der Waals surface area contributed by atoms with Crippen LogP contribution < -0.4 is 11.1 Å². The quantitative estimate of drug-likeness (QED) is 0.775. The van der Waals surface area contributed by atoms with E-state index in [2.05, 4.69) is 35.7 Å². The van der Waals surface area contributed by atoms with E-state index in [0.29, 0.717) is 5.82 Å². The number of aromatic nitrogens is 1. The average Bonchev–Trinajstić information content (AvgIpc) is 2.77. The first-order chi connectivity index (χ1) is 9.18. The molecule has 0 aliphatic carbocycles. The van der Waals surface area contributed by atoms with Crippen LogP contribution in [0.4, 0.5) is 10.8 Å². The van der Waals surface area contributed by atoms with Crippen molar-refractivity contribution in [3.8, 4) is 11.1 Å². The summed E-state index contributed by atoms with van der Waals surface area (Å²) in [5.41, 5.74) is 8.15. The lowest BCUT2D eigenvalue weighted by Gasteiger charge is -2.08. The van der Waals surface area contributed by atoms with Crippen molar-refractivity contribution in [3.63, 3.8) is 0 Å². The van der Waals surface area contributed by atoms with Gasteiger partial charge in [0.2, 0.25) is 0 Å². The van der Waals surface area contributed by atoms with Crippen molar-refractivity contribution in [2.75, 3.05) is 17.6 Å². The molecule has 0 spiro atoms. The summed E-state index contributed by atoms with van der Waals surface area (Å²) in [5.74, 6) is 1.37. The fraction of sp³-hybridized carbons (Fsp3) is 0.400. The molecule has 0 aliphatic rings. The molecule has 0 amide bonds. The second-order valence-corrected chi connectivity index (χ2v) is 5.87. The number of benzene rings is 1. The Morgan fingerprint density at radius 3 is 2.68 bits per heavy atom. The summed E-state index contributed by atoms with van der Waals surface area (Å²) in [7, 11) is 0. The van der Waals surface area contributed by atoms with Crippen molar-refractivity contribution >= 4 is 22.4 Å². The SMILES string of the molecule is CC(C)CCCNc1snc(N)c1-c1ccccc1. The third kappa shape index (κ3) is 3.70. The number of rotatable bonds is 6. The highest BCUT2D eigenvalue weighted by molar-refractivity contribution is 7.11. The zero-order chi connectivity index (χ0) is 13.7. The van der Waals surface area contributed by atoms with E-state index in [1.165, 1.54) is 24.4 Å². The Morgan fingerprint density at radius 2 is 2.00 bits per heavy atom. The molecule has 1 aromatic heterocycles. The predicted molar refractivity (Wildman–Crippen MR) is 84.5 cm³/mol. The molecule has 0 bridgehead atoms. The average molecular weight is 275 g/mol. The Morgan fingerprint density at radius 1 is 1.26 bits per heavy atom. The van der Waals surface area contributed by atoms with Gasteiger partial charge in [0.15, 0.2) is 0 Å². The second-order valence-electron chi connectivity index (χ2n) is 5.10. The standard InChI is InChI=1S/C15H21N3S/c1-11(2)7-6-10-17-15-13(14(16)18-19-15)12-8-4-3-5-9-12/h3-5,8-9,11,17H,6-7,10H2,1-2H3,(H2,16,18). The third-order valence-electron chi connectivity index (χ3n) is 3.02. The van der Waals surface area contributed by atoms with Crippen LogP contribution in [0.2, 0.25) is 0 Å². The van der Waals surface area contributed by atoms with Crippen LogP contribution in [0.15, 0.2) is 30.3 Å². The summed E-state index contributed by atoms with van der Waals surface area (Å²) in [6, 6.07) is 10.2. The van der Waals surface area contributed by atoms with Gasteiger partial charge in [-0.3, -0.25) is 0 Å². The van der Waals surface area contributed by atoms with E-state index in [9.17, 15) is 0 Å². The minimum absolute atomic E-state index is 0.613. The largest absolute Gasteiger partial charge is 0.382 e. The molecule has 0 atom stereocenters. The lowest BCUT2D eigenvalue weighted by atomic mass is 10.1. The molecule has 19 heavy (non-hydrogen) atoms. The summed E-state index contributed by atoms with van der Waals surface area (Å²) in [4.78, 5) is 0. The van der Waals surface area contributed by atoms with Crippen LogP contribution in [0.3, 0.4) is 0 Å². The number of hydrogen-bond acceptors (Lipinski definition) is 4. The minimum Gasteiger partial charge on any atom is -0.382 e. The molecular weight excluding hydrogens is 254 g/mol. The maximum Gasteiger partial charge on any atom is 0.147 e. The zero-order valence-corrected chi connectivity index (χ0v) is 12.3. The summed E-state index contributed by atoms with van der Waals surface area (Å²) in [6.45, 7) is 5.47. The van der Waals surface area contributed by atoms with Crippen molar-refractivity contribution in [3.05, 3.63) is 30.3 Å². The highest BCUT2D eigenvalue weighted by atomic mass is 32.1. The van der Waals surface area contributed by atoms with Crippen LogP contribution in [0, 0.1) is 5.92 Å². The molecule has 102 valence electrons. The van der Waals surface area contributed by atoms with Crippen LogP contribution in [0.1, 0.15) is 26.7 Å². The minimum atomic E-state index is 0.613. The second kappa shape index (κ2) is 6.57. The van der Waals surface area contributed by atoms with E-state index in [4.69, 9.17) is 5.73 Å². The van der Waals surface area contributed by atoms with Gasteiger partial charge in [0, 0.05) is 6.54 Å². The maximum absolute atomic E-state index is 5.99. The number of nitrogens with one attached hydrogen (secondary N) is 1. The molecule has 4 heteroatoms. The first-order valence-electron chi connectivity index (χ1n) is 6.73. The molecule has 0 saturated carbocycles. The van der Waals surface area contributed by atoms with Crippen LogP contribution in [0.25, 0.3) is 11.1 Å². The van der Waals surface area contributed by atoms with Gasteiger partial charge in [-0.05, 0) is 35.9 Å². The van der Waals surface area contributed by atoms with Gasteiger partial charge in [0.1, 0.15) is 10.8 Å². The summed E-state index contributed by atoms with van der Waals surface area (Å²) < 4.78 is 4.26. The predicted octanol–water partition coefficient (Wildman–Crippen LogP) is 4.24. The van der Waals surface area contributed by atoms with Crippen molar-refractivity contribution in [2.45, 2.75) is 26.7 Å². The molecule has 0 radical (unpaired) electrons. The van der Waals surface area contributed by atoms with E-state index >= 15 is 0 Å². The molecule has 2 rings (SSSR count).